The lowest BCUT2D eigenvalue weighted by Crippen LogP contribution is -2.36. The van der Waals surface area contributed by atoms with Gasteiger partial charge in [-0.15, -0.1) is 11.3 Å². The van der Waals surface area contributed by atoms with E-state index in [1.807, 2.05) is 39.2 Å². The van der Waals surface area contributed by atoms with E-state index in [0.29, 0.717) is 5.92 Å². The molecule has 2 atom stereocenters. The Balaban J connectivity index is 2.66. The van der Waals surface area contributed by atoms with Crippen LogP contribution in [0.5, 0.6) is 0 Å². The molecule has 1 aromatic heterocycles. The van der Waals surface area contributed by atoms with Crippen molar-refractivity contribution in [2.24, 2.45) is 11.3 Å². The first-order valence-electron chi connectivity index (χ1n) is 10.3. The van der Waals surface area contributed by atoms with Crippen molar-refractivity contribution in [3.63, 3.8) is 0 Å². The van der Waals surface area contributed by atoms with Crippen molar-refractivity contribution in [2.75, 3.05) is 13.6 Å². The number of hydrogen-bond donors (Lipinski definition) is 0. The van der Waals surface area contributed by atoms with Gasteiger partial charge in [0.25, 0.3) is 0 Å². The number of amides is 1. The van der Waals surface area contributed by atoms with E-state index in [1.165, 1.54) is 17.7 Å². The molecule has 0 N–H and O–H groups in total. The lowest BCUT2D eigenvalue weighted by molar-refractivity contribution is 0.0278. The Morgan fingerprint density at radius 3 is 2.26 bits per heavy atom. The van der Waals surface area contributed by atoms with Gasteiger partial charge in [0.05, 0.1) is 0 Å². The van der Waals surface area contributed by atoms with E-state index >= 15 is 0 Å². The average molecular weight is 396 g/mol. The fraction of sp³-hybridized carbons (Fsp3) is 0.783. The molecule has 27 heavy (non-hydrogen) atoms. The zero-order valence-corrected chi connectivity index (χ0v) is 19.8. The van der Waals surface area contributed by atoms with Gasteiger partial charge in [0.1, 0.15) is 5.60 Å². The van der Waals surface area contributed by atoms with Crippen molar-refractivity contribution in [3.8, 4) is 0 Å². The molecule has 1 heterocycles. The molecule has 0 spiro atoms. The van der Waals surface area contributed by atoms with Crippen molar-refractivity contribution in [3.05, 3.63) is 22.4 Å². The van der Waals surface area contributed by atoms with Gasteiger partial charge in [-0.1, -0.05) is 47.1 Å². The molecule has 1 amide bonds. The second kappa shape index (κ2) is 9.45. The third-order valence-corrected chi connectivity index (χ3v) is 7.08. The van der Waals surface area contributed by atoms with E-state index in [9.17, 15) is 4.79 Å². The second-order valence-electron chi connectivity index (χ2n) is 10.0. The molecule has 2 unspecified atom stereocenters. The Morgan fingerprint density at radius 2 is 1.78 bits per heavy atom. The van der Waals surface area contributed by atoms with Crippen molar-refractivity contribution < 1.29 is 9.53 Å². The maximum absolute atomic E-state index is 12.2. The third-order valence-electron chi connectivity index (χ3n) is 5.93. The molecule has 0 bridgehead atoms. The zero-order chi connectivity index (χ0) is 20.9. The number of nitrogens with zero attached hydrogens (tertiary/aromatic N) is 1. The maximum Gasteiger partial charge on any atom is 0.410 e. The van der Waals surface area contributed by atoms with Gasteiger partial charge < -0.3 is 9.64 Å². The first kappa shape index (κ1) is 24.0. The van der Waals surface area contributed by atoms with Crippen LogP contribution in [0.15, 0.2) is 17.5 Å². The smallest absolute Gasteiger partial charge is 0.410 e. The Kier molecular flexibility index (Phi) is 8.40. The topological polar surface area (TPSA) is 29.5 Å². The Morgan fingerprint density at radius 1 is 1.15 bits per heavy atom. The highest BCUT2D eigenvalue weighted by atomic mass is 32.1. The largest absolute Gasteiger partial charge is 0.444 e. The molecule has 0 aliphatic heterocycles. The van der Waals surface area contributed by atoms with E-state index in [-0.39, 0.29) is 16.9 Å². The minimum absolute atomic E-state index is 0.183. The number of ether oxygens (including phenoxy) is 1. The molecule has 0 aliphatic carbocycles. The van der Waals surface area contributed by atoms with E-state index in [0.717, 1.165) is 19.4 Å². The summed E-state index contributed by atoms with van der Waals surface area (Å²) in [5, 5.41) is 2.19. The first-order chi connectivity index (χ1) is 12.3. The molecule has 0 radical (unpaired) electrons. The fourth-order valence-electron chi connectivity index (χ4n) is 3.29. The number of hydrogen-bond acceptors (Lipinski definition) is 3. The number of carbonyl (C=O) groups excluding carboxylic acids is 1. The molecular weight excluding hydrogens is 354 g/mol. The van der Waals surface area contributed by atoms with Crippen LogP contribution < -0.4 is 0 Å². The molecule has 0 fully saturated rings. The zero-order valence-electron chi connectivity index (χ0n) is 19.0. The summed E-state index contributed by atoms with van der Waals surface area (Å²) in [6.07, 6.45) is 4.25. The Bertz CT molecular complexity index is 574. The van der Waals surface area contributed by atoms with Gasteiger partial charge in [-0.2, -0.15) is 0 Å². The van der Waals surface area contributed by atoms with Crippen LogP contribution in [-0.2, 0) is 10.2 Å². The molecular formula is C23H41NO2S. The van der Waals surface area contributed by atoms with Crippen LogP contribution in [0.3, 0.4) is 0 Å². The van der Waals surface area contributed by atoms with Gasteiger partial charge in [0.15, 0.2) is 0 Å². The van der Waals surface area contributed by atoms with Gasteiger partial charge in [0.2, 0.25) is 0 Å². The quantitative estimate of drug-likeness (QED) is 0.445. The molecule has 0 saturated carbocycles. The molecule has 3 nitrogen and oxygen atoms in total. The molecule has 4 heteroatoms. The summed E-state index contributed by atoms with van der Waals surface area (Å²) < 4.78 is 5.46. The molecule has 156 valence electrons. The van der Waals surface area contributed by atoms with E-state index in [4.69, 9.17) is 4.74 Å². The molecule has 1 rings (SSSR count). The van der Waals surface area contributed by atoms with Crippen LogP contribution in [-0.4, -0.2) is 30.2 Å². The third kappa shape index (κ3) is 7.48. The highest BCUT2D eigenvalue weighted by molar-refractivity contribution is 7.10. The van der Waals surface area contributed by atoms with Crippen molar-refractivity contribution in [1.82, 2.24) is 4.90 Å². The summed E-state index contributed by atoms with van der Waals surface area (Å²) in [5.41, 5.74) is -0.0425. The molecule has 0 aliphatic rings. The van der Waals surface area contributed by atoms with Gasteiger partial charge in [-0.3, -0.25) is 0 Å². The van der Waals surface area contributed by atoms with E-state index in [2.05, 4.69) is 52.1 Å². The second-order valence-corrected chi connectivity index (χ2v) is 11.0. The normalized spacial score (nSPS) is 15.9. The first-order valence-corrected chi connectivity index (χ1v) is 11.2. The van der Waals surface area contributed by atoms with Gasteiger partial charge in [-0.25, -0.2) is 4.79 Å². The van der Waals surface area contributed by atoms with Crippen LogP contribution in [0.2, 0.25) is 0 Å². The number of carbonyl (C=O) groups is 1. The van der Waals surface area contributed by atoms with Crippen LogP contribution in [0, 0.1) is 11.3 Å². The average Bonchev–Trinajstić information content (AvgIpc) is 3.10. The van der Waals surface area contributed by atoms with Gasteiger partial charge in [-0.05, 0) is 62.8 Å². The predicted molar refractivity (Wildman–Crippen MR) is 118 cm³/mol. The summed E-state index contributed by atoms with van der Waals surface area (Å²) >= 11 is 1.88. The van der Waals surface area contributed by atoms with Crippen LogP contribution in [0.4, 0.5) is 4.79 Å². The summed E-state index contributed by atoms with van der Waals surface area (Å²) in [7, 11) is 1.83. The summed E-state index contributed by atoms with van der Waals surface area (Å²) in [6, 6.07) is 4.46. The molecule has 0 saturated heterocycles. The van der Waals surface area contributed by atoms with Crippen molar-refractivity contribution in [1.29, 1.82) is 0 Å². The summed E-state index contributed by atoms with van der Waals surface area (Å²) in [6.45, 7) is 18.2. The van der Waals surface area contributed by atoms with Crippen LogP contribution >= 0.6 is 11.3 Å². The van der Waals surface area contributed by atoms with Crippen molar-refractivity contribution >= 4 is 17.4 Å². The minimum Gasteiger partial charge on any atom is -0.444 e. The summed E-state index contributed by atoms with van der Waals surface area (Å²) in [4.78, 5) is 15.4. The fourth-order valence-corrected chi connectivity index (χ4v) is 4.32. The maximum atomic E-state index is 12.2. The molecule has 1 aromatic rings. The van der Waals surface area contributed by atoms with Crippen molar-refractivity contribution in [2.45, 2.75) is 92.1 Å². The Labute approximate surface area is 171 Å². The van der Waals surface area contributed by atoms with Crippen LogP contribution in [0.25, 0.3) is 0 Å². The lowest BCUT2D eigenvalue weighted by atomic mass is 9.69. The predicted octanol–water partition coefficient (Wildman–Crippen LogP) is 7.12. The van der Waals surface area contributed by atoms with Crippen LogP contribution in [0.1, 0.15) is 86.0 Å². The number of rotatable bonds is 9. The highest BCUT2D eigenvalue weighted by Gasteiger charge is 2.35. The summed E-state index contributed by atoms with van der Waals surface area (Å²) in [5.74, 6) is 0.649. The SMILES string of the molecule is CCC(C)C(C)(CCC(C)(C)CCN(C)C(=O)OC(C)(C)C)c1cccs1. The lowest BCUT2D eigenvalue weighted by Gasteiger charge is -2.38. The van der Waals surface area contributed by atoms with Gasteiger partial charge in [0, 0.05) is 23.9 Å². The highest BCUT2D eigenvalue weighted by Crippen LogP contribution is 2.43. The van der Waals surface area contributed by atoms with E-state index in [1.54, 1.807) is 4.90 Å². The standard InChI is InChI=1S/C23H41NO2S/c1-10-18(2)23(8,19-12-11-17-27-19)14-13-22(6,7)15-16-24(9)20(25)26-21(3,4)5/h11-12,17-18H,10,13-16H2,1-9H3. The molecule has 0 aromatic carbocycles. The monoisotopic (exact) mass is 395 g/mol. The van der Waals surface area contributed by atoms with E-state index < -0.39 is 5.60 Å². The number of thiophene rings is 1. The minimum atomic E-state index is -0.445. The Hall–Kier alpha value is -1.03. The van der Waals surface area contributed by atoms with Gasteiger partial charge >= 0.3 is 6.09 Å².